The lowest BCUT2D eigenvalue weighted by Crippen LogP contribution is -2.34. The molecule has 0 bridgehead atoms. The lowest BCUT2D eigenvalue weighted by molar-refractivity contribution is 0.0624. The highest BCUT2D eigenvalue weighted by atomic mass is 16.5. The highest BCUT2D eigenvalue weighted by Gasteiger charge is 2.20. The molecule has 0 spiro atoms. The molecule has 3 rings (SSSR count). The molecule has 0 heterocycles. The van der Waals surface area contributed by atoms with Crippen LogP contribution in [0.3, 0.4) is 0 Å². The van der Waals surface area contributed by atoms with Crippen molar-refractivity contribution in [3.63, 3.8) is 0 Å². The first kappa shape index (κ1) is 13.6. The standard InChI is InChI=1S/C18H23NO/c1-20-17-11-9-16(10-12-17)19-13-15-7-4-6-14-5-2-3-8-18(14)15/h2-8,16-17,19H,9-13H2,1H3. The topological polar surface area (TPSA) is 21.3 Å². The predicted molar refractivity (Wildman–Crippen MR) is 83.8 cm³/mol. The van der Waals surface area contributed by atoms with Gasteiger partial charge < -0.3 is 10.1 Å². The molecule has 0 atom stereocenters. The quantitative estimate of drug-likeness (QED) is 0.909. The van der Waals surface area contributed by atoms with Gasteiger partial charge in [0, 0.05) is 19.7 Å². The van der Waals surface area contributed by atoms with E-state index in [-0.39, 0.29) is 0 Å². The molecule has 0 amide bonds. The summed E-state index contributed by atoms with van der Waals surface area (Å²) >= 11 is 0. The summed E-state index contributed by atoms with van der Waals surface area (Å²) in [5, 5.41) is 6.42. The van der Waals surface area contributed by atoms with Gasteiger partial charge in [-0.15, -0.1) is 0 Å². The van der Waals surface area contributed by atoms with E-state index >= 15 is 0 Å². The molecule has 0 radical (unpaired) electrons. The van der Waals surface area contributed by atoms with Crippen molar-refractivity contribution in [2.75, 3.05) is 7.11 Å². The summed E-state index contributed by atoms with van der Waals surface area (Å²) in [7, 11) is 1.83. The molecular formula is C18H23NO. The van der Waals surface area contributed by atoms with Crippen molar-refractivity contribution in [1.82, 2.24) is 5.32 Å². The van der Waals surface area contributed by atoms with Crippen LogP contribution in [-0.2, 0) is 11.3 Å². The Balaban J connectivity index is 1.63. The fourth-order valence-corrected chi connectivity index (χ4v) is 3.20. The lowest BCUT2D eigenvalue weighted by Gasteiger charge is -2.28. The van der Waals surface area contributed by atoms with Crippen LogP contribution in [0.2, 0.25) is 0 Å². The molecule has 1 saturated carbocycles. The third kappa shape index (κ3) is 3.02. The van der Waals surface area contributed by atoms with Crippen LogP contribution in [0.5, 0.6) is 0 Å². The van der Waals surface area contributed by atoms with Crippen LogP contribution < -0.4 is 5.32 Å². The van der Waals surface area contributed by atoms with Crippen LogP contribution in [0.1, 0.15) is 31.2 Å². The Hall–Kier alpha value is -1.38. The molecular weight excluding hydrogens is 246 g/mol. The van der Waals surface area contributed by atoms with E-state index in [4.69, 9.17) is 4.74 Å². The first-order valence-corrected chi connectivity index (χ1v) is 7.59. The van der Waals surface area contributed by atoms with Crippen LogP contribution in [-0.4, -0.2) is 19.3 Å². The minimum absolute atomic E-state index is 0.477. The minimum Gasteiger partial charge on any atom is -0.381 e. The third-order valence-electron chi connectivity index (χ3n) is 4.47. The highest BCUT2D eigenvalue weighted by molar-refractivity contribution is 5.85. The average Bonchev–Trinajstić information content (AvgIpc) is 2.53. The molecule has 2 heteroatoms. The Kier molecular flexibility index (Phi) is 4.34. The zero-order valence-electron chi connectivity index (χ0n) is 12.1. The van der Waals surface area contributed by atoms with Crippen LogP contribution >= 0.6 is 0 Å². The van der Waals surface area contributed by atoms with E-state index in [9.17, 15) is 0 Å². The maximum atomic E-state index is 5.43. The maximum Gasteiger partial charge on any atom is 0.0572 e. The van der Waals surface area contributed by atoms with Gasteiger partial charge in [-0.2, -0.15) is 0 Å². The van der Waals surface area contributed by atoms with Crippen molar-refractivity contribution < 1.29 is 4.74 Å². The highest BCUT2D eigenvalue weighted by Crippen LogP contribution is 2.22. The van der Waals surface area contributed by atoms with Gasteiger partial charge in [0.15, 0.2) is 0 Å². The number of ether oxygens (including phenoxy) is 1. The van der Waals surface area contributed by atoms with Gasteiger partial charge in [0.1, 0.15) is 0 Å². The summed E-state index contributed by atoms with van der Waals surface area (Å²) in [5.74, 6) is 0. The molecule has 2 nitrogen and oxygen atoms in total. The van der Waals surface area contributed by atoms with E-state index in [1.54, 1.807) is 0 Å². The zero-order chi connectivity index (χ0) is 13.8. The van der Waals surface area contributed by atoms with Crippen molar-refractivity contribution in [2.24, 2.45) is 0 Å². The van der Waals surface area contributed by atoms with Gasteiger partial charge in [-0.1, -0.05) is 42.5 Å². The fraction of sp³-hybridized carbons (Fsp3) is 0.444. The number of hydrogen-bond donors (Lipinski definition) is 1. The van der Waals surface area contributed by atoms with E-state index in [2.05, 4.69) is 47.8 Å². The van der Waals surface area contributed by atoms with Crippen LogP contribution in [0.25, 0.3) is 10.8 Å². The van der Waals surface area contributed by atoms with Gasteiger partial charge in [-0.05, 0) is 42.0 Å². The number of fused-ring (bicyclic) bond motifs is 1. The number of nitrogens with one attached hydrogen (secondary N) is 1. The third-order valence-corrected chi connectivity index (χ3v) is 4.47. The predicted octanol–water partition coefficient (Wildman–Crippen LogP) is 3.89. The summed E-state index contributed by atoms with van der Waals surface area (Å²) in [5.41, 5.74) is 1.40. The normalized spacial score (nSPS) is 23.1. The molecule has 106 valence electrons. The maximum absolute atomic E-state index is 5.43. The Bertz CT molecular complexity index is 553. The first-order chi connectivity index (χ1) is 9.86. The molecule has 0 saturated heterocycles. The second-order valence-electron chi connectivity index (χ2n) is 5.73. The largest absolute Gasteiger partial charge is 0.381 e. The van der Waals surface area contributed by atoms with Crippen LogP contribution in [0.15, 0.2) is 42.5 Å². The van der Waals surface area contributed by atoms with Crippen LogP contribution in [0.4, 0.5) is 0 Å². The van der Waals surface area contributed by atoms with Crippen molar-refractivity contribution >= 4 is 10.8 Å². The van der Waals surface area contributed by atoms with Crippen molar-refractivity contribution in [2.45, 2.75) is 44.4 Å². The Morgan fingerprint density at radius 2 is 1.75 bits per heavy atom. The summed E-state index contributed by atoms with van der Waals surface area (Å²) < 4.78 is 5.43. The molecule has 0 aliphatic heterocycles. The zero-order valence-corrected chi connectivity index (χ0v) is 12.1. The molecule has 1 fully saturated rings. The number of hydrogen-bond acceptors (Lipinski definition) is 2. The summed E-state index contributed by atoms with van der Waals surface area (Å²) in [6, 6.07) is 15.8. The van der Waals surface area contributed by atoms with Crippen molar-refractivity contribution in [1.29, 1.82) is 0 Å². The fourth-order valence-electron chi connectivity index (χ4n) is 3.20. The monoisotopic (exact) mass is 269 g/mol. The molecule has 2 aromatic rings. The number of rotatable bonds is 4. The first-order valence-electron chi connectivity index (χ1n) is 7.59. The Morgan fingerprint density at radius 3 is 2.55 bits per heavy atom. The summed E-state index contributed by atoms with van der Waals surface area (Å²) in [6.45, 7) is 0.962. The van der Waals surface area contributed by atoms with Crippen LogP contribution in [0, 0.1) is 0 Å². The number of methoxy groups -OCH3 is 1. The second-order valence-corrected chi connectivity index (χ2v) is 5.73. The smallest absolute Gasteiger partial charge is 0.0572 e. The Morgan fingerprint density at radius 1 is 1.00 bits per heavy atom. The summed E-state index contributed by atoms with van der Waals surface area (Å²) in [4.78, 5) is 0. The van der Waals surface area contributed by atoms with Gasteiger partial charge in [-0.3, -0.25) is 0 Å². The van der Waals surface area contributed by atoms with E-state index in [1.807, 2.05) is 7.11 Å². The van der Waals surface area contributed by atoms with Gasteiger partial charge >= 0.3 is 0 Å². The molecule has 1 aliphatic carbocycles. The van der Waals surface area contributed by atoms with E-state index in [0.717, 1.165) is 6.54 Å². The molecule has 1 aliphatic rings. The van der Waals surface area contributed by atoms with Crippen molar-refractivity contribution in [3.05, 3.63) is 48.0 Å². The van der Waals surface area contributed by atoms with Gasteiger partial charge in [0.2, 0.25) is 0 Å². The molecule has 20 heavy (non-hydrogen) atoms. The van der Waals surface area contributed by atoms with Gasteiger partial charge in [-0.25, -0.2) is 0 Å². The molecule has 0 unspecified atom stereocenters. The van der Waals surface area contributed by atoms with E-state index in [0.29, 0.717) is 12.1 Å². The molecule has 0 aromatic heterocycles. The van der Waals surface area contributed by atoms with E-state index in [1.165, 1.54) is 42.0 Å². The van der Waals surface area contributed by atoms with Crippen molar-refractivity contribution in [3.8, 4) is 0 Å². The second kappa shape index (κ2) is 6.38. The molecule has 1 N–H and O–H groups in total. The molecule has 2 aromatic carbocycles. The summed E-state index contributed by atoms with van der Waals surface area (Å²) in [6.07, 6.45) is 5.30. The van der Waals surface area contributed by atoms with Gasteiger partial charge in [0.05, 0.1) is 6.10 Å². The SMILES string of the molecule is COC1CCC(NCc2cccc3ccccc23)CC1. The van der Waals surface area contributed by atoms with Gasteiger partial charge in [0.25, 0.3) is 0 Å². The minimum atomic E-state index is 0.477. The number of benzene rings is 2. The average molecular weight is 269 g/mol. The lowest BCUT2D eigenvalue weighted by atomic mass is 9.92. The Labute approximate surface area is 121 Å². The van der Waals surface area contributed by atoms with E-state index < -0.39 is 0 Å².